The Morgan fingerprint density at radius 1 is 1.23 bits per heavy atom. The third kappa shape index (κ3) is 2.51. The maximum Gasteiger partial charge on any atom is 0.151 e. The summed E-state index contributed by atoms with van der Waals surface area (Å²) in [5.41, 5.74) is 0. The number of anilines is 1. The monoisotopic (exact) mass is 213 g/mol. The molecule has 1 aromatic heterocycles. The Hall–Kier alpha value is -0.420. The minimum absolute atomic E-state index is 1.01. The standard InChI is InChI=1S/C8H11N3S2/c1-2-8(10-9-3-1)11-4-6-12-13-7-5-11/h1-3H,4-7H2. The van der Waals surface area contributed by atoms with E-state index < -0.39 is 0 Å². The van der Waals surface area contributed by atoms with E-state index in [2.05, 4.69) is 15.1 Å². The second kappa shape index (κ2) is 4.72. The minimum Gasteiger partial charge on any atom is -0.353 e. The zero-order chi connectivity index (χ0) is 8.93. The summed E-state index contributed by atoms with van der Waals surface area (Å²) in [6, 6.07) is 3.96. The van der Waals surface area contributed by atoms with Crippen LogP contribution in [-0.4, -0.2) is 34.8 Å². The second-order valence-corrected chi connectivity index (χ2v) is 5.41. The molecule has 0 unspecified atom stereocenters. The van der Waals surface area contributed by atoms with Crippen LogP contribution in [0.4, 0.5) is 5.82 Å². The molecule has 1 aliphatic heterocycles. The van der Waals surface area contributed by atoms with Crippen LogP contribution in [0.5, 0.6) is 0 Å². The number of hydrogen-bond donors (Lipinski definition) is 0. The van der Waals surface area contributed by atoms with Gasteiger partial charge in [-0.15, -0.1) is 5.10 Å². The van der Waals surface area contributed by atoms with E-state index in [9.17, 15) is 0 Å². The third-order valence-electron chi connectivity index (χ3n) is 1.85. The van der Waals surface area contributed by atoms with E-state index in [1.165, 1.54) is 11.5 Å². The van der Waals surface area contributed by atoms with E-state index in [0.29, 0.717) is 0 Å². The molecule has 0 saturated carbocycles. The first kappa shape index (κ1) is 9.15. The van der Waals surface area contributed by atoms with Gasteiger partial charge in [0.05, 0.1) is 0 Å². The molecule has 13 heavy (non-hydrogen) atoms. The molecule has 0 atom stereocenters. The van der Waals surface area contributed by atoms with Crippen LogP contribution in [0.25, 0.3) is 0 Å². The lowest BCUT2D eigenvalue weighted by Gasteiger charge is -2.19. The summed E-state index contributed by atoms with van der Waals surface area (Å²) < 4.78 is 0. The summed E-state index contributed by atoms with van der Waals surface area (Å²) in [6.45, 7) is 2.16. The Balaban J connectivity index is 2.06. The lowest BCUT2D eigenvalue weighted by Crippen LogP contribution is -2.27. The molecule has 0 amide bonds. The molecule has 1 aromatic rings. The van der Waals surface area contributed by atoms with Crippen LogP contribution < -0.4 is 4.90 Å². The van der Waals surface area contributed by atoms with Crippen LogP contribution in [0.2, 0.25) is 0 Å². The molecule has 3 nitrogen and oxygen atoms in total. The highest BCUT2D eigenvalue weighted by molar-refractivity contribution is 8.76. The van der Waals surface area contributed by atoms with Gasteiger partial charge in [-0.25, -0.2) is 0 Å². The topological polar surface area (TPSA) is 29.0 Å². The van der Waals surface area contributed by atoms with Crippen molar-refractivity contribution < 1.29 is 0 Å². The first-order chi connectivity index (χ1) is 6.47. The van der Waals surface area contributed by atoms with E-state index in [-0.39, 0.29) is 0 Å². The zero-order valence-corrected chi connectivity index (χ0v) is 8.85. The lowest BCUT2D eigenvalue weighted by atomic mass is 10.4. The molecule has 1 aliphatic rings. The van der Waals surface area contributed by atoms with Crippen molar-refractivity contribution in [3.8, 4) is 0 Å². The Kier molecular flexibility index (Phi) is 3.32. The fraction of sp³-hybridized carbons (Fsp3) is 0.500. The van der Waals surface area contributed by atoms with Gasteiger partial charge in [0.1, 0.15) is 0 Å². The van der Waals surface area contributed by atoms with Crippen molar-refractivity contribution in [1.29, 1.82) is 0 Å². The van der Waals surface area contributed by atoms with Crippen LogP contribution in [0.15, 0.2) is 18.3 Å². The van der Waals surface area contributed by atoms with Gasteiger partial charge in [0, 0.05) is 30.8 Å². The molecule has 2 rings (SSSR count). The molecule has 0 aromatic carbocycles. The molecule has 1 fully saturated rings. The average Bonchev–Trinajstić information content (AvgIpc) is 2.47. The lowest BCUT2D eigenvalue weighted by molar-refractivity contribution is 0.838. The molecule has 0 radical (unpaired) electrons. The van der Waals surface area contributed by atoms with Gasteiger partial charge in [-0.1, -0.05) is 21.6 Å². The average molecular weight is 213 g/mol. The fourth-order valence-electron chi connectivity index (χ4n) is 1.22. The van der Waals surface area contributed by atoms with E-state index in [4.69, 9.17) is 0 Å². The van der Waals surface area contributed by atoms with Crippen molar-refractivity contribution in [2.75, 3.05) is 29.5 Å². The third-order valence-corrected chi connectivity index (χ3v) is 4.22. The molecule has 2 heterocycles. The summed E-state index contributed by atoms with van der Waals surface area (Å²) >= 11 is 0. The Morgan fingerprint density at radius 3 is 2.62 bits per heavy atom. The fourth-order valence-corrected chi connectivity index (χ4v) is 3.20. The van der Waals surface area contributed by atoms with Gasteiger partial charge in [0.25, 0.3) is 0 Å². The highest BCUT2D eigenvalue weighted by Crippen LogP contribution is 2.25. The molecular formula is C8H11N3S2. The largest absolute Gasteiger partial charge is 0.353 e. The molecule has 5 heteroatoms. The summed E-state index contributed by atoms with van der Waals surface area (Å²) in [6.07, 6.45) is 1.71. The predicted octanol–water partition coefficient (Wildman–Crippen LogP) is 1.68. The minimum atomic E-state index is 1.01. The SMILES string of the molecule is c1cnnc(N2CCSSCC2)c1. The molecule has 0 spiro atoms. The molecule has 0 bridgehead atoms. The summed E-state index contributed by atoms with van der Waals surface area (Å²) in [4.78, 5) is 2.29. The maximum atomic E-state index is 4.10. The first-order valence-electron chi connectivity index (χ1n) is 4.24. The summed E-state index contributed by atoms with van der Waals surface area (Å²) in [5.74, 6) is 3.34. The van der Waals surface area contributed by atoms with Gasteiger partial charge >= 0.3 is 0 Å². The van der Waals surface area contributed by atoms with Crippen molar-refractivity contribution in [2.24, 2.45) is 0 Å². The van der Waals surface area contributed by atoms with Crippen molar-refractivity contribution in [3.63, 3.8) is 0 Å². The van der Waals surface area contributed by atoms with Crippen LogP contribution in [0.3, 0.4) is 0 Å². The summed E-state index contributed by atoms with van der Waals surface area (Å²) in [5, 5.41) is 7.99. The smallest absolute Gasteiger partial charge is 0.151 e. The van der Waals surface area contributed by atoms with E-state index in [1.54, 1.807) is 6.20 Å². The van der Waals surface area contributed by atoms with Crippen molar-refractivity contribution >= 4 is 27.4 Å². The van der Waals surface area contributed by atoms with Gasteiger partial charge in [0.15, 0.2) is 5.82 Å². The van der Waals surface area contributed by atoms with Gasteiger partial charge in [-0.3, -0.25) is 0 Å². The van der Waals surface area contributed by atoms with E-state index in [1.807, 2.05) is 33.7 Å². The first-order valence-corrected chi connectivity index (χ1v) is 6.73. The predicted molar refractivity (Wildman–Crippen MR) is 59.2 cm³/mol. The Bertz CT molecular complexity index is 247. The van der Waals surface area contributed by atoms with Crippen LogP contribution >= 0.6 is 21.6 Å². The van der Waals surface area contributed by atoms with E-state index >= 15 is 0 Å². The molecular weight excluding hydrogens is 202 g/mol. The number of hydrogen-bond acceptors (Lipinski definition) is 5. The van der Waals surface area contributed by atoms with Crippen molar-refractivity contribution in [3.05, 3.63) is 18.3 Å². The molecule has 70 valence electrons. The van der Waals surface area contributed by atoms with E-state index in [0.717, 1.165) is 18.9 Å². The van der Waals surface area contributed by atoms with Crippen LogP contribution in [-0.2, 0) is 0 Å². The van der Waals surface area contributed by atoms with Gasteiger partial charge in [-0.2, -0.15) is 5.10 Å². The van der Waals surface area contributed by atoms with Crippen LogP contribution in [0, 0.1) is 0 Å². The molecule has 0 N–H and O–H groups in total. The Morgan fingerprint density at radius 2 is 2.00 bits per heavy atom. The quantitative estimate of drug-likeness (QED) is 0.662. The Labute approximate surface area is 85.7 Å². The maximum absolute atomic E-state index is 4.10. The van der Waals surface area contributed by atoms with Gasteiger partial charge in [-0.05, 0) is 12.1 Å². The van der Waals surface area contributed by atoms with Crippen LogP contribution in [0.1, 0.15) is 0 Å². The molecule has 1 saturated heterocycles. The highest BCUT2D eigenvalue weighted by Gasteiger charge is 2.10. The number of aromatic nitrogens is 2. The normalized spacial score (nSPS) is 18.3. The van der Waals surface area contributed by atoms with Crippen molar-refractivity contribution in [2.45, 2.75) is 0 Å². The summed E-state index contributed by atoms with van der Waals surface area (Å²) in [7, 11) is 3.88. The van der Waals surface area contributed by atoms with Gasteiger partial charge < -0.3 is 4.90 Å². The number of nitrogens with zero attached hydrogens (tertiary/aromatic N) is 3. The van der Waals surface area contributed by atoms with Crippen molar-refractivity contribution in [1.82, 2.24) is 10.2 Å². The second-order valence-electron chi connectivity index (χ2n) is 2.71. The molecule has 0 aliphatic carbocycles. The zero-order valence-electron chi connectivity index (χ0n) is 7.22. The number of rotatable bonds is 1. The highest BCUT2D eigenvalue weighted by atomic mass is 33.1. The van der Waals surface area contributed by atoms with Gasteiger partial charge in [0.2, 0.25) is 0 Å².